The maximum atomic E-state index is 12.2. The predicted molar refractivity (Wildman–Crippen MR) is 33.9 cm³/mol. The molecule has 2 nitrogen and oxygen atoms in total. The first-order valence-electron chi connectivity index (χ1n) is 3.73. The molecule has 0 radical (unpaired) electrons. The van der Waals surface area contributed by atoms with Crippen molar-refractivity contribution >= 4 is 0 Å². The highest BCUT2D eigenvalue weighted by molar-refractivity contribution is 4.87. The summed E-state index contributed by atoms with van der Waals surface area (Å²) in [4.78, 5) is 0. The average Bonchev–Trinajstić information content (AvgIpc) is 2.13. The van der Waals surface area contributed by atoms with E-state index in [4.69, 9.17) is 0 Å². The Kier molecular flexibility index (Phi) is 5.07. The van der Waals surface area contributed by atoms with Crippen LogP contribution in [-0.2, 0) is 9.47 Å². The van der Waals surface area contributed by atoms with Crippen molar-refractivity contribution in [1.82, 2.24) is 0 Å². The molecule has 0 rings (SSSR count). The largest absolute Gasteiger partial charge is 0.453 e. The molecule has 0 aliphatic rings. The van der Waals surface area contributed by atoms with Crippen LogP contribution in [-0.4, -0.2) is 38.0 Å². The molecule has 0 aliphatic carbocycles. The molecule has 0 bridgehead atoms. The minimum Gasteiger partial charge on any atom is -0.303 e. The van der Waals surface area contributed by atoms with Crippen molar-refractivity contribution in [3.63, 3.8) is 0 Å². The molecule has 0 aromatic carbocycles. The van der Waals surface area contributed by atoms with Gasteiger partial charge in [0.1, 0.15) is 6.67 Å². The number of rotatable bonds is 5. The molecule has 0 amide bonds. The second-order valence-electron chi connectivity index (χ2n) is 2.55. The summed E-state index contributed by atoms with van der Waals surface area (Å²) < 4.78 is 114. The van der Waals surface area contributed by atoms with Gasteiger partial charge in [0, 0.05) is 0 Å². The van der Waals surface area contributed by atoms with E-state index in [1.807, 2.05) is 0 Å². The predicted octanol–water partition coefficient (Wildman–Crippen LogP) is 3.03. The summed E-state index contributed by atoms with van der Waals surface area (Å²) in [5, 5.41) is 0. The third kappa shape index (κ3) is 3.37. The van der Waals surface area contributed by atoms with E-state index >= 15 is 0 Å². The van der Waals surface area contributed by atoms with Gasteiger partial charge >= 0.3 is 18.1 Å². The van der Waals surface area contributed by atoms with Crippen LogP contribution in [0.4, 0.5) is 39.5 Å². The number of halogens is 9. The van der Waals surface area contributed by atoms with Gasteiger partial charge in [-0.2, -0.15) is 26.3 Å². The van der Waals surface area contributed by atoms with E-state index in [1.165, 1.54) is 0 Å². The Hall–Kier alpha value is -0.710. The van der Waals surface area contributed by atoms with Crippen LogP contribution >= 0.6 is 0 Å². The first-order valence-corrected chi connectivity index (χ1v) is 3.73. The first kappa shape index (κ1) is 16.3. The standard InChI is InChI=1S/C6H5F9O2/c7-1-3(9)17-4(16-2-8,5(10,11)12)6(13,14)15/h3H,1-2H2. The molecule has 1 atom stereocenters. The van der Waals surface area contributed by atoms with Crippen molar-refractivity contribution in [2.24, 2.45) is 0 Å². The van der Waals surface area contributed by atoms with Crippen LogP contribution in [0.2, 0.25) is 0 Å². The Balaban J connectivity index is 5.42. The van der Waals surface area contributed by atoms with Crippen LogP contribution in [0.1, 0.15) is 0 Å². The van der Waals surface area contributed by atoms with Crippen LogP contribution in [0.5, 0.6) is 0 Å². The third-order valence-electron chi connectivity index (χ3n) is 1.42. The summed E-state index contributed by atoms with van der Waals surface area (Å²) in [6, 6.07) is 0. The Morgan fingerprint density at radius 1 is 0.882 bits per heavy atom. The minimum absolute atomic E-state index is 2.29. The molecule has 0 fully saturated rings. The van der Waals surface area contributed by atoms with Gasteiger partial charge in [-0.05, 0) is 0 Å². The Morgan fingerprint density at radius 3 is 1.53 bits per heavy atom. The van der Waals surface area contributed by atoms with Gasteiger partial charge in [0.15, 0.2) is 6.86 Å². The summed E-state index contributed by atoms with van der Waals surface area (Å²) >= 11 is 0. The summed E-state index contributed by atoms with van der Waals surface area (Å²) in [7, 11) is 0. The second-order valence-corrected chi connectivity index (χ2v) is 2.55. The zero-order chi connectivity index (χ0) is 13.9. The molecule has 104 valence electrons. The maximum Gasteiger partial charge on any atom is 0.453 e. The lowest BCUT2D eigenvalue weighted by Gasteiger charge is -2.35. The molecule has 0 spiro atoms. The molecule has 17 heavy (non-hydrogen) atoms. The molecule has 0 aliphatic heterocycles. The molecular weight excluding hydrogens is 275 g/mol. The van der Waals surface area contributed by atoms with Crippen LogP contribution in [0, 0.1) is 0 Å². The van der Waals surface area contributed by atoms with Gasteiger partial charge in [0.05, 0.1) is 0 Å². The zero-order valence-electron chi connectivity index (χ0n) is 7.71. The Morgan fingerprint density at radius 2 is 1.29 bits per heavy atom. The van der Waals surface area contributed by atoms with Crippen LogP contribution in [0.25, 0.3) is 0 Å². The molecule has 11 heteroatoms. The molecule has 0 saturated heterocycles. The van der Waals surface area contributed by atoms with E-state index in [2.05, 4.69) is 9.47 Å². The van der Waals surface area contributed by atoms with E-state index in [-0.39, 0.29) is 0 Å². The average molecular weight is 280 g/mol. The number of ether oxygens (including phenoxy) is 2. The zero-order valence-corrected chi connectivity index (χ0v) is 7.71. The molecular formula is C6H5F9O2. The summed E-state index contributed by atoms with van der Waals surface area (Å²) in [6.45, 7) is -4.85. The lowest BCUT2D eigenvalue weighted by atomic mass is 10.2. The molecule has 0 aromatic heterocycles. The number of hydrogen-bond acceptors (Lipinski definition) is 2. The monoisotopic (exact) mass is 280 g/mol. The van der Waals surface area contributed by atoms with Crippen molar-refractivity contribution in [2.45, 2.75) is 24.5 Å². The lowest BCUT2D eigenvalue weighted by Crippen LogP contribution is -2.61. The summed E-state index contributed by atoms with van der Waals surface area (Å²) in [5.41, 5.74) is 0. The highest BCUT2D eigenvalue weighted by atomic mass is 19.4. The summed E-state index contributed by atoms with van der Waals surface area (Å²) in [6.07, 6.45) is -16.2. The fourth-order valence-electron chi connectivity index (χ4n) is 0.780. The number of alkyl halides is 9. The fourth-order valence-corrected chi connectivity index (χ4v) is 0.780. The van der Waals surface area contributed by atoms with Gasteiger partial charge in [-0.1, -0.05) is 0 Å². The van der Waals surface area contributed by atoms with Gasteiger partial charge in [0.25, 0.3) is 0 Å². The molecule has 0 N–H and O–H groups in total. The van der Waals surface area contributed by atoms with Gasteiger partial charge in [-0.15, -0.1) is 0 Å². The third-order valence-corrected chi connectivity index (χ3v) is 1.42. The van der Waals surface area contributed by atoms with E-state index in [1.54, 1.807) is 0 Å². The molecule has 0 aromatic rings. The van der Waals surface area contributed by atoms with Gasteiger partial charge in [-0.3, -0.25) is 4.74 Å². The quantitative estimate of drug-likeness (QED) is 0.569. The Bertz CT molecular complexity index is 221. The fraction of sp³-hybridized carbons (Fsp3) is 1.00. The Labute approximate surface area is 88.3 Å². The van der Waals surface area contributed by atoms with Gasteiger partial charge in [0.2, 0.25) is 6.36 Å². The molecule has 0 saturated carbocycles. The molecule has 1 unspecified atom stereocenters. The second kappa shape index (κ2) is 5.29. The van der Waals surface area contributed by atoms with E-state index in [9.17, 15) is 39.5 Å². The minimum atomic E-state index is -6.34. The van der Waals surface area contributed by atoms with Crippen LogP contribution < -0.4 is 0 Å². The van der Waals surface area contributed by atoms with Crippen molar-refractivity contribution < 1.29 is 49.0 Å². The smallest absolute Gasteiger partial charge is 0.303 e. The topological polar surface area (TPSA) is 18.5 Å². The van der Waals surface area contributed by atoms with Gasteiger partial charge in [-0.25, -0.2) is 13.2 Å². The normalized spacial score (nSPS) is 16.1. The SMILES string of the molecule is FCOC(OC(F)CF)(C(F)(F)F)C(F)(F)F. The number of hydrogen-bond donors (Lipinski definition) is 0. The van der Waals surface area contributed by atoms with Crippen LogP contribution in [0.3, 0.4) is 0 Å². The van der Waals surface area contributed by atoms with Crippen molar-refractivity contribution in [1.29, 1.82) is 0 Å². The van der Waals surface area contributed by atoms with Crippen LogP contribution in [0.15, 0.2) is 0 Å². The van der Waals surface area contributed by atoms with Crippen molar-refractivity contribution in [2.75, 3.05) is 13.5 Å². The van der Waals surface area contributed by atoms with E-state index < -0.39 is 38.0 Å². The maximum absolute atomic E-state index is 12.2. The van der Waals surface area contributed by atoms with Crippen molar-refractivity contribution in [3.05, 3.63) is 0 Å². The molecule has 0 heterocycles. The van der Waals surface area contributed by atoms with E-state index in [0.717, 1.165) is 0 Å². The highest BCUT2D eigenvalue weighted by Gasteiger charge is 2.75. The summed E-state index contributed by atoms with van der Waals surface area (Å²) in [5.74, 6) is -5.54. The lowest BCUT2D eigenvalue weighted by molar-refractivity contribution is -0.488. The van der Waals surface area contributed by atoms with Crippen molar-refractivity contribution in [3.8, 4) is 0 Å². The first-order chi connectivity index (χ1) is 7.52. The van der Waals surface area contributed by atoms with Gasteiger partial charge < -0.3 is 4.74 Å². The van der Waals surface area contributed by atoms with E-state index in [0.29, 0.717) is 0 Å². The highest BCUT2D eigenvalue weighted by Crippen LogP contribution is 2.47.